The van der Waals surface area contributed by atoms with Crippen molar-refractivity contribution in [2.24, 2.45) is 0 Å². The fourth-order valence-corrected chi connectivity index (χ4v) is 1.20. The van der Waals surface area contributed by atoms with Gasteiger partial charge in [0, 0.05) is 11.6 Å². The highest BCUT2D eigenvalue weighted by atomic mass is 19.1. The predicted octanol–water partition coefficient (Wildman–Crippen LogP) is 1.13. The Hall–Kier alpha value is -2.64. The molecule has 0 aliphatic rings. The van der Waals surface area contributed by atoms with Gasteiger partial charge in [-0.3, -0.25) is 10.1 Å². The molecule has 6 nitrogen and oxygen atoms in total. The zero-order valence-corrected chi connectivity index (χ0v) is 8.89. The largest absolute Gasteiger partial charge is 0.288 e. The second-order valence-electron chi connectivity index (χ2n) is 3.19. The SMILES string of the molecule is O=C(C=Cc1c(F)cccc1F)Nc1nn[nH]n1. The summed E-state index contributed by atoms with van der Waals surface area (Å²) in [6.45, 7) is 0. The Morgan fingerprint density at radius 3 is 2.67 bits per heavy atom. The van der Waals surface area contributed by atoms with Gasteiger partial charge in [0.05, 0.1) is 0 Å². The van der Waals surface area contributed by atoms with Crippen molar-refractivity contribution in [2.45, 2.75) is 0 Å². The maximum absolute atomic E-state index is 13.2. The molecule has 0 spiro atoms. The lowest BCUT2D eigenvalue weighted by Crippen LogP contribution is -2.09. The van der Waals surface area contributed by atoms with E-state index in [2.05, 4.69) is 25.9 Å². The molecule has 2 N–H and O–H groups in total. The number of amides is 1. The van der Waals surface area contributed by atoms with Gasteiger partial charge in [0.15, 0.2) is 0 Å². The third-order valence-corrected chi connectivity index (χ3v) is 1.98. The number of rotatable bonds is 3. The molecule has 0 saturated carbocycles. The van der Waals surface area contributed by atoms with E-state index >= 15 is 0 Å². The molecule has 1 heterocycles. The van der Waals surface area contributed by atoms with Crippen LogP contribution in [0.5, 0.6) is 0 Å². The Balaban J connectivity index is 2.09. The Morgan fingerprint density at radius 1 is 1.33 bits per heavy atom. The number of nitrogens with zero attached hydrogens (tertiary/aromatic N) is 3. The van der Waals surface area contributed by atoms with Crippen LogP contribution in [-0.2, 0) is 4.79 Å². The molecule has 1 aromatic heterocycles. The third-order valence-electron chi connectivity index (χ3n) is 1.98. The van der Waals surface area contributed by atoms with Crippen molar-refractivity contribution in [3.05, 3.63) is 41.5 Å². The van der Waals surface area contributed by atoms with Crippen LogP contribution in [0, 0.1) is 11.6 Å². The van der Waals surface area contributed by atoms with Crippen LogP contribution in [0.2, 0.25) is 0 Å². The Morgan fingerprint density at radius 2 is 2.06 bits per heavy atom. The summed E-state index contributed by atoms with van der Waals surface area (Å²) in [5.41, 5.74) is -0.291. The number of aromatic amines is 1. The molecule has 0 saturated heterocycles. The summed E-state index contributed by atoms with van der Waals surface area (Å²) in [5, 5.41) is 14.6. The number of tetrazole rings is 1. The zero-order chi connectivity index (χ0) is 13.0. The van der Waals surface area contributed by atoms with Crippen LogP contribution in [0.4, 0.5) is 14.7 Å². The molecule has 1 amide bonds. The molecule has 92 valence electrons. The van der Waals surface area contributed by atoms with E-state index in [0.29, 0.717) is 0 Å². The van der Waals surface area contributed by atoms with E-state index in [9.17, 15) is 13.6 Å². The fourth-order valence-electron chi connectivity index (χ4n) is 1.20. The smallest absolute Gasteiger partial charge is 0.270 e. The van der Waals surface area contributed by atoms with E-state index in [1.54, 1.807) is 0 Å². The summed E-state index contributed by atoms with van der Waals surface area (Å²) < 4.78 is 26.4. The summed E-state index contributed by atoms with van der Waals surface area (Å²) in [6, 6.07) is 3.43. The second kappa shape index (κ2) is 5.13. The number of carbonyl (C=O) groups excluding carboxylic acids is 1. The standard InChI is InChI=1S/C10H7F2N5O/c11-7-2-1-3-8(12)6(7)4-5-9(18)13-10-14-16-17-15-10/h1-5H,(H2,13,14,15,16,17,18). The molecule has 0 aliphatic heterocycles. The molecule has 0 fully saturated rings. The maximum atomic E-state index is 13.2. The van der Waals surface area contributed by atoms with Gasteiger partial charge in [-0.2, -0.15) is 5.21 Å². The first-order valence-electron chi connectivity index (χ1n) is 4.83. The van der Waals surface area contributed by atoms with Crippen LogP contribution in [0.1, 0.15) is 5.56 Å². The fraction of sp³-hybridized carbons (Fsp3) is 0. The van der Waals surface area contributed by atoms with Gasteiger partial charge in [0.1, 0.15) is 11.6 Å². The van der Waals surface area contributed by atoms with Crippen LogP contribution >= 0.6 is 0 Å². The lowest BCUT2D eigenvalue weighted by Gasteiger charge is -1.98. The highest BCUT2D eigenvalue weighted by Gasteiger charge is 2.06. The first kappa shape index (κ1) is 11.8. The van der Waals surface area contributed by atoms with E-state index in [1.165, 1.54) is 6.07 Å². The number of nitrogens with one attached hydrogen (secondary N) is 2. The van der Waals surface area contributed by atoms with Gasteiger partial charge >= 0.3 is 0 Å². The van der Waals surface area contributed by atoms with Crippen LogP contribution in [-0.4, -0.2) is 26.5 Å². The summed E-state index contributed by atoms with van der Waals surface area (Å²) in [4.78, 5) is 11.3. The predicted molar refractivity (Wildman–Crippen MR) is 58.2 cm³/mol. The number of aromatic nitrogens is 4. The molecule has 2 rings (SSSR count). The van der Waals surface area contributed by atoms with Crippen molar-refractivity contribution in [1.82, 2.24) is 20.6 Å². The van der Waals surface area contributed by atoms with E-state index < -0.39 is 17.5 Å². The topological polar surface area (TPSA) is 83.6 Å². The first-order chi connectivity index (χ1) is 8.66. The Kier molecular flexibility index (Phi) is 3.37. The lowest BCUT2D eigenvalue weighted by molar-refractivity contribution is -0.111. The monoisotopic (exact) mass is 251 g/mol. The highest BCUT2D eigenvalue weighted by molar-refractivity contribution is 6.00. The average Bonchev–Trinajstić information content (AvgIpc) is 2.81. The lowest BCUT2D eigenvalue weighted by atomic mass is 10.2. The number of halogens is 2. The maximum Gasteiger partial charge on any atom is 0.270 e. The van der Waals surface area contributed by atoms with Crippen LogP contribution < -0.4 is 5.32 Å². The Labute approximate surface area is 99.7 Å². The zero-order valence-electron chi connectivity index (χ0n) is 8.89. The molecule has 0 radical (unpaired) electrons. The van der Waals surface area contributed by atoms with Gasteiger partial charge in [-0.25, -0.2) is 8.78 Å². The van der Waals surface area contributed by atoms with Gasteiger partial charge in [0.2, 0.25) is 0 Å². The van der Waals surface area contributed by atoms with Crippen LogP contribution in [0.25, 0.3) is 6.08 Å². The van der Waals surface area contributed by atoms with Crippen molar-refractivity contribution >= 4 is 17.9 Å². The van der Waals surface area contributed by atoms with E-state index in [4.69, 9.17) is 0 Å². The average molecular weight is 251 g/mol. The molecular weight excluding hydrogens is 244 g/mol. The van der Waals surface area contributed by atoms with Crippen molar-refractivity contribution in [3.8, 4) is 0 Å². The van der Waals surface area contributed by atoms with Gasteiger partial charge in [-0.05, 0) is 23.4 Å². The minimum absolute atomic E-state index is 0.0290. The number of benzene rings is 1. The number of hydrogen-bond acceptors (Lipinski definition) is 4. The number of carbonyl (C=O) groups is 1. The van der Waals surface area contributed by atoms with Crippen LogP contribution in [0.3, 0.4) is 0 Å². The summed E-state index contributed by atoms with van der Waals surface area (Å²) in [5.74, 6) is -2.16. The molecule has 0 bridgehead atoms. The normalized spacial score (nSPS) is 10.8. The van der Waals surface area contributed by atoms with E-state index in [0.717, 1.165) is 24.3 Å². The van der Waals surface area contributed by atoms with Crippen LogP contribution in [0.15, 0.2) is 24.3 Å². The molecule has 1 aromatic carbocycles. The van der Waals surface area contributed by atoms with E-state index in [1.807, 2.05) is 0 Å². The van der Waals surface area contributed by atoms with E-state index in [-0.39, 0.29) is 11.5 Å². The molecule has 0 atom stereocenters. The molecule has 18 heavy (non-hydrogen) atoms. The minimum Gasteiger partial charge on any atom is -0.288 e. The molecule has 2 aromatic rings. The van der Waals surface area contributed by atoms with Gasteiger partial charge in [0.25, 0.3) is 11.9 Å². The van der Waals surface area contributed by atoms with Gasteiger partial charge in [-0.15, -0.1) is 5.10 Å². The van der Waals surface area contributed by atoms with Gasteiger partial charge in [-0.1, -0.05) is 11.2 Å². The van der Waals surface area contributed by atoms with Gasteiger partial charge < -0.3 is 0 Å². The van der Waals surface area contributed by atoms with Crippen molar-refractivity contribution in [3.63, 3.8) is 0 Å². The molecule has 8 heteroatoms. The highest BCUT2D eigenvalue weighted by Crippen LogP contribution is 2.13. The number of hydrogen-bond donors (Lipinski definition) is 2. The summed E-state index contributed by atoms with van der Waals surface area (Å²) >= 11 is 0. The Bertz CT molecular complexity index is 562. The minimum atomic E-state index is -0.751. The van der Waals surface area contributed by atoms with Crippen molar-refractivity contribution in [2.75, 3.05) is 5.32 Å². The summed E-state index contributed by atoms with van der Waals surface area (Å²) in [6.07, 6.45) is 2.00. The quantitative estimate of drug-likeness (QED) is 0.801. The number of H-pyrrole nitrogens is 1. The molecule has 0 unspecified atom stereocenters. The second-order valence-corrected chi connectivity index (χ2v) is 3.19. The number of anilines is 1. The first-order valence-corrected chi connectivity index (χ1v) is 4.83. The van der Waals surface area contributed by atoms with Crippen molar-refractivity contribution in [1.29, 1.82) is 0 Å². The third kappa shape index (κ3) is 2.73. The molecule has 0 aliphatic carbocycles. The summed E-state index contributed by atoms with van der Waals surface area (Å²) in [7, 11) is 0. The van der Waals surface area contributed by atoms with Crippen molar-refractivity contribution < 1.29 is 13.6 Å². The molecular formula is C10H7F2N5O.